The smallest absolute Gasteiger partial charge is 0.269 e. The molecule has 0 aliphatic rings. The van der Waals surface area contributed by atoms with E-state index in [4.69, 9.17) is 62.7 Å². The summed E-state index contributed by atoms with van der Waals surface area (Å²) >= 11 is 30.1. The molecule has 15 aromatic rings. The predicted octanol–water partition coefficient (Wildman–Crippen LogP) is 25.5. The van der Waals surface area contributed by atoms with Crippen LogP contribution in [0.4, 0.5) is 44.2 Å². The van der Waals surface area contributed by atoms with Crippen molar-refractivity contribution in [3.05, 3.63) is 460 Å². The number of carbonyl (C=O) groups is 5. The second-order valence-corrected chi connectivity index (χ2v) is 41.2. The number of pyridine rings is 1. The van der Waals surface area contributed by atoms with E-state index < -0.39 is 72.4 Å². The SMILES string of the molecule is C.C.C.CC(C)c1ccc(S(=O)(=O)Nc2ccc(Cl)cc2C(=O)c2cccc(Cl)c2)cc1.CCN(CC)c1ccc(S(=O)(=O)Nc2ccc(Cl)cc2C(=O)c2ccccc2)cc1.COc1ccc(S(=O)(=O)Nc2ccc(F)cc2C(=O)c2ccccc2)cc1.Cc1ccc(S(=O)(=O)Nc2ccc(Cl)cc2C(=O)c2cccnc2)cc1.O=C(c1ccccc1)c1cc(Cl)ccc1NS(=O)(=O)c1ccc([N+](=O)[O-])cc1. The van der Waals surface area contributed by atoms with Crippen molar-refractivity contribution in [1.82, 2.24) is 4.98 Å². The first-order chi connectivity index (χ1) is 66.6. The Morgan fingerprint density at radius 3 is 0.979 bits per heavy atom. The summed E-state index contributed by atoms with van der Waals surface area (Å²) in [6.07, 6.45) is 2.97. The molecule has 0 amide bonds. The van der Waals surface area contributed by atoms with Crippen molar-refractivity contribution in [2.75, 3.05) is 48.7 Å². The van der Waals surface area contributed by atoms with Gasteiger partial charge in [0, 0.05) is 124 Å². The fraction of sp³-hybridized carbons (Fsp3) is 0.113. The predicted molar refractivity (Wildman–Crippen MR) is 566 cm³/mol. The standard InChI is InChI=1S/C23H23ClN2O3S.C22H19Cl2NO3S.C20H16FNO4S.C19H13ClN2O5S.C19H15ClN2O3S.3CH4/c1-3-26(4-2)19-11-13-20(14-12-19)30(28,29)25-22-15-10-18(24)16-21(22)23(27)17-8-6-5-7-9-17;1-14(2)15-6-9-19(10-7-15)29(27,28)25-21-11-8-18(24)13-20(21)22(26)16-4-3-5-17(23)12-16;1-26-16-8-10-17(11-9-16)27(24,25)22-19-12-7-15(21)13-18(19)20(23)14-5-3-2-4-6-14;20-14-6-11-18(17(12-14)19(23)13-4-2-1-3-5-13)21-28(26,27)16-9-7-15(8-10-16)22(24)25;1-13-4-7-16(8-5-13)26(24,25)22-18-9-6-15(20)11-17(18)19(23)14-3-2-10-21-12-14;;;/h5-16,25H,3-4H2,1-2H3;3-14,25H,1-2H3;2-13,22H,1H3;1-12,21H;2-12,22H,1H3;3*1H4. The number of aryl methyl sites for hydroxylation is 1. The number of anilines is 6. The summed E-state index contributed by atoms with van der Waals surface area (Å²) in [5, 5.41) is 12.4. The molecular weight excluding hydrogens is 2030 g/mol. The van der Waals surface area contributed by atoms with Gasteiger partial charge in [0.1, 0.15) is 11.6 Å². The van der Waals surface area contributed by atoms with E-state index in [-0.39, 0.29) is 137 Å². The van der Waals surface area contributed by atoms with Crippen LogP contribution < -0.4 is 33.2 Å². The molecule has 14 aromatic carbocycles. The van der Waals surface area contributed by atoms with Gasteiger partial charge < -0.3 is 9.64 Å². The third kappa shape index (κ3) is 30.9. The normalized spacial score (nSPS) is 10.9. The molecule has 0 saturated carbocycles. The number of nitrogens with one attached hydrogen (secondary N) is 5. The third-order valence-electron chi connectivity index (χ3n) is 20.7. The van der Waals surface area contributed by atoms with Gasteiger partial charge in [-0.1, -0.05) is 227 Å². The van der Waals surface area contributed by atoms with E-state index in [0.29, 0.717) is 53.7 Å². The van der Waals surface area contributed by atoms with Gasteiger partial charge in [0.2, 0.25) is 0 Å². The van der Waals surface area contributed by atoms with Gasteiger partial charge in [-0.2, -0.15) is 0 Å². The number of non-ortho nitro benzene ring substituents is 1. The third-order valence-corrected chi connectivity index (χ3v) is 28.7. The summed E-state index contributed by atoms with van der Waals surface area (Å²) < 4.78 is 158. The quantitative estimate of drug-likeness (QED) is 0.0153. The number of nitrogens with zero attached hydrogens (tertiary/aromatic N) is 3. The molecule has 0 bridgehead atoms. The van der Waals surface area contributed by atoms with Crippen molar-refractivity contribution in [1.29, 1.82) is 0 Å². The molecule has 1 aromatic heterocycles. The van der Waals surface area contributed by atoms with Crippen LogP contribution in [0.15, 0.2) is 377 Å². The second-order valence-electron chi connectivity index (χ2n) is 30.6. The van der Waals surface area contributed by atoms with Gasteiger partial charge in [-0.25, -0.2) is 46.5 Å². The number of ether oxygens (including phenoxy) is 1. The number of benzene rings is 14. The van der Waals surface area contributed by atoms with Gasteiger partial charge in [0.05, 0.1) is 64.9 Å². The number of hydrogen-bond acceptors (Lipinski definition) is 20. The largest absolute Gasteiger partial charge is 0.497 e. The first-order valence-electron chi connectivity index (χ1n) is 42.1. The molecule has 0 atom stereocenters. The zero-order chi connectivity index (χ0) is 101. The highest BCUT2D eigenvalue weighted by atomic mass is 35.5. The van der Waals surface area contributed by atoms with Crippen LogP contribution in [-0.2, 0) is 50.1 Å². The fourth-order valence-corrected chi connectivity index (χ4v) is 19.6. The zero-order valence-electron chi connectivity index (χ0n) is 75.0. The highest BCUT2D eigenvalue weighted by molar-refractivity contribution is 7.94. The van der Waals surface area contributed by atoms with Crippen LogP contribution in [0.2, 0.25) is 25.1 Å². The van der Waals surface area contributed by atoms with Crippen LogP contribution in [0, 0.1) is 22.9 Å². The highest BCUT2D eigenvalue weighted by Crippen LogP contribution is 2.35. The topological polar surface area (TPSA) is 385 Å². The van der Waals surface area contributed by atoms with Crippen LogP contribution in [0.5, 0.6) is 5.75 Å². The molecular formula is C106H98Cl5FN8O18S5. The maximum atomic E-state index is 13.7. The average molecular weight is 2130 g/mol. The van der Waals surface area contributed by atoms with Gasteiger partial charge in [0.25, 0.3) is 55.8 Å². The number of sulfonamides is 5. The Morgan fingerprint density at radius 1 is 0.364 bits per heavy atom. The van der Waals surface area contributed by atoms with Crippen LogP contribution >= 0.6 is 58.0 Å². The number of ketones is 5. The molecule has 143 heavy (non-hydrogen) atoms. The van der Waals surface area contributed by atoms with E-state index in [1.165, 1.54) is 129 Å². The van der Waals surface area contributed by atoms with Crippen LogP contribution in [0.1, 0.15) is 147 Å². The number of rotatable bonds is 31. The molecule has 1 heterocycles. The number of hydrogen-bond donors (Lipinski definition) is 5. The van der Waals surface area contributed by atoms with Crippen molar-refractivity contribution in [3.8, 4) is 5.75 Å². The van der Waals surface area contributed by atoms with Crippen molar-refractivity contribution < 1.29 is 80.1 Å². The molecule has 15 rings (SSSR count). The Labute approximate surface area is 856 Å². The van der Waals surface area contributed by atoms with Gasteiger partial charge in [-0.05, 0) is 232 Å². The minimum Gasteiger partial charge on any atom is -0.497 e. The summed E-state index contributed by atoms with van der Waals surface area (Å²) in [5.41, 5.74) is 5.56. The lowest BCUT2D eigenvalue weighted by molar-refractivity contribution is -0.384. The van der Waals surface area contributed by atoms with E-state index in [0.717, 1.165) is 66.3 Å². The maximum Gasteiger partial charge on any atom is 0.269 e. The summed E-state index contributed by atoms with van der Waals surface area (Å²) in [7, 11) is -18.2. The van der Waals surface area contributed by atoms with Gasteiger partial charge in [-0.15, -0.1) is 0 Å². The molecule has 0 aliphatic heterocycles. The number of nitro benzene ring substituents is 1. The zero-order valence-corrected chi connectivity index (χ0v) is 82.8. The summed E-state index contributed by atoms with van der Waals surface area (Å²) in [4.78, 5) is 80.4. The van der Waals surface area contributed by atoms with E-state index in [2.05, 4.69) is 33.5 Å². The fourth-order valence-electron chi connectivity index (χ4n) is 13.3. The van der Waals surface area contributed by atoms with E-state index in [1.54, 1.807) is 194 Å². The number of carbonyl (C=O) groups excluding carboxylic acids is 5. The molecule has 0 spiro atoms. The van der Waals surface area contributed by atoms with Crippen LogP contribution in [0.3, 0.4) is 0 Å². The van der Waals surface area contributed by atoms with Gasteiger partial charge in [-0.3, -0.25) is 62.7 Å². The highest BCUT2D eigenvalue weighted by Gasteiger charge is 2.28. The molecule has 5 N–H and O–H groups in total. The van der Waals surface area contributed by atoms with E-state index >= 15 is 0 Å². The Kier molecular flexibility index (Phi) is 41.0. The van der Waals surface area contributed by atoms with E-state index in [9.17, 15) is 80.6 Å². The Morgan fingerprint density at radius 2 is 0.657 bits per heavy atom. The van der Waals surface area contributed by atoms with Crippen molar-refractivity contribution >= 4 is 177 Å². The molecule has 0 saturated heterocycles. The molecule has 0 radical (unpaired) electrons. The number of methoxy groups -OCH3 is 1. The van der Waals surface area contributed by atoms with Crippen LogP contribution in [-0.4, -0.2) is 101 Å². The summed E-state index contributed by atoms with van der Waals surface area (Å²) in [6.45, 7) is 11.7. The van der Waals surface area contributed by atoms with Crippen molar-refractivity contribution in [2.45, 2.75) is 87.3 Å². The molecule has 0 unspecified atom stereocenters. The van der Waals surface area contributed by atoms with Crippen molar-refractivity contribution in [3.63, 3.8) is 0 Å². The lowest BCUT2D eigenvalue weighted by Gasteiger charge is -2.21. The van der Waals surface area contributed by atoms with E-state index in [1.807, 2.05) is 34.6 Å². The molecule has 742 valence electrons. The van der Waals surface area contributed by atoms with Gasteiger partial charge >= 0.3 is 0 Å². The minimum absolute atomic E-state index is 0. The monoisotopic (exact) mass is 2120 g/mol. The van der Waals surface area contributed by atoms with Gasteiger partial charge in [0.15, 0.2) is 28.9 Å². The molecule has 0 aliphatic carbocycles. The first-order valence-corrected chi connectivity index (χ1v) is 51.4. The Balaban J connectivity index is 0.000000218. The van der Waals surface area contributed by atoms with Crippen LogP contribution in [0.25, 0.3) is 0 Å². The Hall–Kier alpha value is -14.3. The maximum absolute atomic E-state index is 13.7. The minimum atomic E-state index is -4.07. The van der Waals surface area contributed by atoms with Crippen molar-refractivity contribution in [2.24, 2.45) is 0 Å². The number of aromatic nitrogens is 1. The second kappa shape index (κ2) is 51.4. The summed E-state index contributed by atoms with van der Waals surface area (Å²) in [5.74, 6) is -1.79. The molecule has 0 fully saturated rings. The number of halogens is 6. The average Bonchev–Trinajstić information content (AvgIpc) is 0.792. The molecule has 26 nitrogen and oxygen atoms in total. The first kappa shape index (κ1) is 114. The summed E-state index contributed by atoms with van der Waals surface area (Å²) in [6, 6.07) is 85.8. The number of nitro groups is 1. The lowest BCUT2D eigenvalue weighted by Crippen LogP contribution is -2.22. The Bertz CT molecular complexity index is 7660. The molecule has 37 heteroatoms. The lowest BCUT2D eigenvalue weighted by atomic mass is 10.0.